The summed E-state index contributed by atoms with van der Waals surface area (Å²) < 4.78 is 4.90. The molecule has 0 aliphatic carbocycles. The normalized spacial score (nSPS) is 10.4. The largest absolute Gasteiger partial charge is 0.379 e. The van der Waals surface area contributed by atoms with Gasteiger partial charge in [-0.2, -0.15) is 0 Å². The number of rotatable bonds is 5. The average molecular weight is 183 g/mol. The van der Waals surface area contributed by atoms with Gasteiger partial charge < -0.3 is 9.64 Å². The van der Waals surface area contributed by atoms with Crippen molar-refractivity contribution in [2.45, 2.75) is 13.8 Å². The van der Waals surface area contributed by atoms with Gasteiger partial charge in [0, 0.05) is 19.4 Å². The predicted octanol–water partition coefficient (Wildman–Crippen LogP) is 1.57. The Bertz CT molecular complexity index is 209. The molecule has 0 saturated heterocycles. The van der Waals surface area contributed by atoms with E-state index in [4.69, 9.17) is 4.74 Å². The fraction of sp³-hybridized carbons (Fsp3) is 0.500. The molecule has 0 radical (unpaired) electrons. The summed E-state index contributed by atoms with van der Waals surface area (Å²) in [6, 6.07) is 0. The topological polar surface area (TPSA) is 29.5 Å². The van der Waals surface area contributed by atoms with E-state index in [1.807, 2.05) is 13.8 Å². The zero-order chi connectivity index (χ0) is 10.3. The fourth-order valence-electron chi connectivity index (χ4n) is 1.01. The Kier molecular flexibility index (Phi) is 5.89. The molecular weight excluding hydrogens is 166 g/mol. The number of likely N-dealkylation sites (N-methyl/N-ethyl adjacent to an activating group) is 1. The third kappa shape index (κ3) is 3.90. The van der Waals surface area contributed by atoms with Crippen LogP contribution in [-0.4, -0.2) is 31.1 Å². The van der Waals surface area contributed by atoms with Crippen LogP contribution in [0.2, 0.25) is 0 Å². The van der Waals surface area contributed by atoms with Crippen LogP contribution in [0.15, 0.2) is 24.4 Å². The highest BCUT2D eigenvalue weighted by Gasteiger charge is 2.10. The van der Waals surface area contributed by atoms with Crippen LogP contribution in [0.5, 0.6) is 0 Å². The highest BCUT2D eigenvalue weighted by molar-refractivity contribution is 5.88. The lowest BCUT2D eigenvalue weighted by Gasteiger charge is -2.20. The first-order valence-electron chi connectivity index (χ1n) is 4.28. The van der Waals surface area contributed by atoms with Gasteiger partial charge in [-0.05, 0) is 19.9 Å². The number of nitrogens with zero attached hydrogens (tertiary/aromatic N) is 1. The quantitative estimate of drug-likeness (QED) is 0.605. The standard InChI is InChI=1S/C10H17NO2/c1-5-7-10(12)11(6-2)9(3)8-13-4/h5,7H,3,6,8H2,1-2,4H3/b7-5-. The first-order chi connectivity index (χ1) is 6.17. The minimum Gasteiger partial charge on any atom is -0.379 e. The monoisotopic (exact) mass is 183 g/mol. The summed E-state index contributed by atoms with van der Waals surface area (Å²) in [5, 5.41) is 0. The summed E-state index contributed by atoms with van der Waals surface area (Å²) in [6.45, 7) is 8.48. The third-order valence-corrected chi connectivity index (χ3v) is 1.58. The lowest BCUT2D eigenvalue weighted by atomic mass is 10.3. The summed E-state index contributed by atoms with van der Waals surface area (Å²) in [5.41, 5.74) is 0.688. The molecule has 13 heavy (non-hydrogen) atoms. The molecule has 0 saturated carbocycles. The number of hydrogen-bond acceptors (Lipinski definition) is 2. The van der Waals surface area contributed by atoms with E-state index in [-0.39, 0.29) is 5.91 Å². The van der Waals surface area contributed by atoms with Crippen molar-refractivity contribution in [3.05, 3.63) is 24.4 Å². The molecule has 0 heterocycles. The molecule has 0 unspecified atom stereocenters. The summed E-state index contributed by atoms with van der Waals surface area (Å²) in [5.74, 6) is -0.0490. The van der Waals surface area contributed by atoms with Gasteiger partial charge in [-0.1, -0.05) is 12.7 Å². The zero-order valence-electron chi connectivity index (χ0n) is 8.54. The van der Waals surface area contributed by atoms with E-state index in [1.54, 1.807) is 18.1 Å². The lowest BCUT2D eigenvalue weighted by Crippen LogP contribution is -2.29. The van der Waals surface area contributed by atoms with Gasteiger partial charge in [0.25, 0.3) is 0 Å². The van der Waals surface area contributed by atoms with E-state index in [0.29, 0.717) is 18.8 Å². The number of amides is 1. The van der Waals surface area contributed by atoms with Crippen LogP contribution in [0.4, 0.5) is 0 Å². The van der Waals surface area contributed by atoms with E-state index in [1.165, 1.54) is 6.08 Å². The van der Waals surface area contributed by atoms with E-state index in [2.05, 4.69) is 6.58 Å². The predicted molar refractivity (Wildman–Crippen MR) is 53.2 cm³/mol. The first-order valence-corrected chi connectivity index (χ1v) is 4.28. The molecule has 0 aromatic carbocycles. The smallest absolute Gasteiger partial charge is 0.250 e. The lowest BCUT2D eigenvalue weighted by molar-refractivity contribution is -0.124. The van der Waals surface area contributed by atoms with Crippen LogP contribution in [-0.2, 0) is 9.53 Å². The molecule has 3 heteroatoms. The van der Waals surface area contributed by atoms with Crippen molar-refractivity contribution in [1.29, 1.82) is 0 Å². The maximum Gasteiger partial charge on any atom is 0.250 e. The number of methoxy groups -OCH3 is 1. The number of allylic oxidation sites excluding steroid dienone is 1. The fourth-order valence-corrected chi connectivity index (χ4v) is 1.01. The Balaban J connectivity index is 4.32. The van der Waals surface area contributed by atoms with Gasteiger partial charge >= 0.3 is 0 Å². The SMILES string of the molecule is C=C(COC)N(CC)C(=O)/C=C\C. The Morgan fingerprint density at radius 2 is 2.23 bits per heavy atom. The van der Waals surface area contributed by atoms with E-state index in [0.717, 1.165) is 0 Å². The van der Waals surface area contributed by atoms with E-state index in [9.17, 15) is 4.79 Å². The highest BCUT2D eigenvalue weighted by atomic mass is 16.5. The molecule has 0 aromatic heterocycles. The van der Waals surface area contributed by atoms with Crippen LogP contribution < -0.4 is 0 Å². The molecule has 0 aliphatic rings. The summed E-state index contributed by atoms with van der Waals surface area (Å²) in [7, 11) is 1.58. The Hall–Kier alpha value is -1.09. The molecule has 0 spiro atoms. The maximum atomic E-state index is 11.4. The second-order valence-electron chi connectivity index (χ2n) is 2.58. The van der Waals surface area contributed by atoms with Gasteiger partial charge in [-0.15, -0.1) is 0 Å². The zero-order valence-corrected chi connectivity index (χ0v) is 8.54. The molecule has 0 aliphatic heterocycles. The van der Waals surface area contributed by atoms with Crippen molar-refractivity contribution < 1.29 is 9.53 Å². The van der Waals surface area contributed by atoms with E-state index < -0.39 is 0 Å². The van der Waals surface area contributed by atoms with E-state index >= 15 is 0 Å². The van der Waals surface area contributed by atoms with Crippen LogP contribution in [0, 0.1) is 0 Å². The first kappa shape index (κ1) is 11.9. The van der Waals surface area contributed by atoms with Gasteiger partial charge in [0.15, 0.2) is 0 Å². The van der Waals surface area contributed by atoms with Crippen LogP contribution in [0.1, 0.15) is 13.8 Å². The Labute approximate surface area is 79.7 Å². The second-order valence-corrected chi connectivity index (χ2v) is 2.58. The number of carbonyl (C=O) groups excluding carboxylic acids is 1. The van der Waals surface area contributed by atoms with Crippen molar-refractivity contribution in [3.63, 3.8) is 0 Å². The van der Waals surface area contributed by atoms with Crippen molar-refractivity contribution in [1.82, 2.24) is 4.90 Å². The van der Waals surface area contributed by atoms with Crippen LogP contribution >= 0.6 is 0 Å². The van der Waals surface area contributed by atoms with Crippen molar-refractivity contribution in [3.8, 4) is 0 Å². The van der Waals surface area contributed by atoms with Gasteiger partial charge in [0.05, 0.1) is 6.61 Å². The van der Waals surface area contributed by atoms with Crippen molar-refractivity contribution in [2.24, 2.45) is 0 Å². The molecule has 0 fully saturated rings. The highest BCUT2D eigenvalue weighted by Crippen LogP contribution is 2.02. The summed E-state index contributed by atoms with van der Waals surface area (Å²) in [6.07, 6.45) is 3.23. The van der Waals surface area contributed by atoms with Crippen LogP contribution in [0.3, 0.4) is 0 Å². The Morgan fingerprint density at radius 1 is 1.62 bits per heavy atom. The molecule has 74 valence electrons. The third-order valence-electron chi connectivity index (χ3n) is 1.58. The molecule has 0 atom stereocenters. The molecule has 0 N–H and O–H groups in total. The number of ether oxygens (including phenoxy) is 1. The van der Waals surface area contributed by atoms with Gasteiger partial charge in [0.2, 0.25) is 5.91 Å². The van der Waals surface area contributed by atoms with Gasteiger partial charge in [0.1, 0.15) is 0 Å². The molecule has 1 amide bonds. The molecule has 3 nitrogen and oxygen atoms in total. The Morgan fingerprint density at radius 3 is 2.62 bits per heavy atom. The molecular formula is C10H17NO2. The summed E-state index contributed by atoms with van der Waals surface area (Å²) >= 11 is 0. The average Bonchev–Trinajstić information content (AvgIpc) is 2.06. The molecule has 0 aromatic rings. The number of hydrogen-bond donors (Lipinski definition) is 0. The maximum absolute atomic E-state index is 11.4. The van der Waals surface area contributed by atoms with Crippen molar-refractivity contribution >= 4 is 5.91 Å². The number of carbonyl (C=O) groups is 1. The minimum absolute atomic E-state index is 0.0490. The second kappa shape index (κ2) is 6.43. The van der Waals surface area contributed by atoms with Gasteiger partial charge in [-0.25, -0.2) is 0 Å². The summed E-state index contributed by atoms with van der Waals surface area (Å²) in [4.78, 5) is 13.0. The van der Waals surface area contributed by atoms with Crippen molar-refractivity contribution in [2.75, 3.05) is 20.3 Å². The molecule has 0 bridgehead atoms. The minimum atomic E-state index is -0.0490. The van der Waals surface area contributed by atoms with Gasteiger partial charge in [-0.3, -0.25) is 4.79 Å². The van der Waals surface area contributed by atoms with Crippen LogP contribution in [0.25, 0.3) is 0 Å². The molecule has 0 rings (SSSR count).